The van der Waals surface area contributed by atoms with Crippen molar-refractivity contribution in [1.82, 2.24) is 0 Å². The molecule has 0 aliphatic heterocycles. The van der Waals surface area contributed by atoms with E-state index in [1.807, 2.05) is 21.1 Å². The number of quaternary nitrogens is 1. The number of hydrogen-bond donors (Lipinski definition) is 0. The largest absolute Gasteiger partial charge is 0.590 e. The molecule has 0 radical (unpaired) electrons. The predicted molar refractivity (Wildman–Crippen MR) is 141 cm³/mol. The van der Waals surface area contributed by atoms with Gasteiger partial charge in [-0.15, -0.1) is 0 Å². The number of unbranched alkanes of at least 4 members (excludes halogenated alkanes) is 15. The molecule has 0 aliphatic carbocycles. The molecular formula is C28H57NO2P+. The van der Waals surface area contributed by atoms with E-state index in [-0.39, 0.29) is 0 Å². The fourth-order valence-electron chi connectivity index (χ4n) is 4.81. The van der Waals surface area contributed by atoms with Crippen LogP contribution < -0.4 is 4.89 Å². The third-order valence-corrected chi connectivity index (χ3v) is 8.80. The first-order valence-electron chi connectivity index (χ1n) is 13.9. The van der Waals surface area contributed by atoms with E-state index in [0.717, 1.165) is 32.1 Å². The summed E-state index contributed by atoms with van der Waals surface area (Å²) in [7, 11) is 3.67. The van der Waals surface area contributed by atoms with Crippen LogP contribution in [0.3, 0.4) is 0 Å². The van der Waals surface area contributed by atoms with Gasteiger partial charge < -0.3 is 4.89 Å². The average molecular weight is 471 g/mol. The summed E-state index contributed by atoms with van der Waals surface area (Å²) in [5.74, 6) is 0. The van der Waals surface area contributed by atoms with Crippen LogP contribution in [0.15, 0.2) is 12.2 Å². The lowest BCUT2D eigenvalue weighted by atomic mass is 9.99. The van der Waals surface area contributed by atoms with E-state index in [9.17, 15) is 9.46 Å². The summed E-state index contributed by atoms with van der Waals surface area (Å²) in [4.78, 5) is 12.1. The van der Waals surface area contributed by atoms with Crippen molar-refractivity contribution in [3.8, 4) is 0 Å². The quantitative estimate of drug-likeness (QED) is 0.0647. The molecule has 0 N–H and O–H groups in total. The SMILES string of the molecule is CCCCCCCCCCC/C=C\CCCCCCCCC(CCC)([P+](=O)[O-])[N+](C)(C)C. The van der Waals surface area contributed by atoms with Crippen LogP contribution in [0.25, 0.3) is 0 Å². The maximum Gasteiger partial charge on any atom is 0.376 e. The van der Waals surface area contributed by atoms with Crippen LogP contribution >= 0.6 is 8.03 Å². The Kier molecular flexibility index (Phi) is 20.0. The summed E-state index contributed by atoms with van der Waals surface area (Å²) in [6, 6.07) is 0. The summed E-state index contributed by atoms with van der Waals surface area (Å²) in [6.45, 7) is 4.37. The van der Waals surface area contributed by atoms with Crippen LogP contribution in [0, 0.1) is 0 Å². The zero-order valence-corrected chi connectivity index (χ0v) is 23.4. The van der Waals surface area contributed by atoms with Crippen molar-refractivity contribution in [2.45, 2.75) is 148 Å². The van der Waals surface area contributed by atoms with Crippen LogP contribution in [-0.4, -0.2) is 30.9 Å². The van der Waals surface area contributed by atoms with Crippen LogP contribution in [0.1, 0.15) is 142 Å². The molecule has 0 heterocycles. The van der Waals surface area contributed by atoms with Crippen molar-refractivity contribution < 1.29 is 13.9 Å². The number of allylic oxidation sites excluding steroid dienone is 2. The Morgan fingerprint density at radius 2 is 1.03 bits per heavy atom. The molecular weight excluding hydrogens is 413 g/mol. The summed E-state index contributed by atoms with van der Waals surface area (Å²) in [5.41, 5.74) is 0. The van der Waals surface area contributed by atoms with Gasteiger partial charge in [0, 0.05) is 12.8 Å². The second-order valence-corrected chi connectivity index (χ2v) is 12.1. The van der Waals surface area contributed by atoms with Gasteiger partial charge in [0.2, 0.25) is 0 Å². The van der Waals surface area contributed by atoms with Crippen molar-refractivity contribution in [2.75, 3.05) is 21.1 Å². The molecule has 0 saturated carbocycles. The van der Waals surface area contributed by atoms with Gasteiger partial charge in [0.25, 0.3) is 5.28 Å². The molecule has 32 heavy (non-hydrogen) atoms. The molecule has 0 bridgehead atoms. The van der Waals surface area contributed by atoms with Crippen molar-refractivity contribution in [1.29, 1.82) is 0 Å². The van der Waals surface area contributed by atoms with Crippen molar-refractivity contribution in [3.05, 3.63) is 12.2 Å². The second kappa shape index (κ2) is 20.2. The Bertz CT molecular complexity index is 473. The molecule has 0 fully saturated rings. The van der Waals surface area contributed by atoms with E-state index in [4.69, 9.17) is 0 Å². The van der Waals surface area contributed by atoms with Crippen molar-refractivity contribution >= 4 is 8.03 Å². The van der Waals surface area contributed by atoms with Crippen LogP contribution in [0.2, 0.25) is 0 Å². The minimum Gasteiger partial charge on any atom is -0.590 e. The van der Waals surface area contributed by atoms with E-state index in [0.29, 0.717) is 4.48 Å². The van der Waals surface area contributed by atoms with Crippen LogP contribution in [0.4, 0.5) is 0 Å². The van der Waals surface area contributed by atoms with Gasteiger partial charge in [0.05, 0.1) is 21.1 Å². The average Bonchev–Trinajstić information content (AvgIpc) is 2.73. The Morgan fingerprint density at radius 3 is 1.41 bits per heavy atom. The fraction of sp³-hybridized carbons (Fsp3) is 0.929. The van der Waals surface area contributed by atoms with Gasteiger partial charge in [-0.1, -0.05) is 108 Å². The summed E-state index contributed by atoms with van der Waals surface area (Å²) in [6.07, 6.45) is 29.7. The predicted octanol–water partition coefficient (Wildman–Crippen LogP) is 8.89. The number of rotatable bonds is 23. The zero-order valence-electron chi connectivity index (χ0n) is 22.5. The third kappa shape index (κ3) is 14.8. The van der Waals surface area contributed by atoms with Gasteiger partial charge in [-0.05, 0) is 38.5 Å². The molecule has 190 valence electrons. The summed E-state index contributed by atoms with van der Waals surface area (Å²) in [5, 5.41) is -0.594. The van der Waals surface area contributed by atoms with E-state index < -0.39 is 13.3 Å². The summed E-state index contributed by atoms with van der Waals surface area (Å²) < 4.78 is 12.6. The molecule has 0 aliphatic rings. The highest BCUT2D eigenvalue weighted by Gasteiger charge is 2.53. The van der Waals surface area contributed by atoms with E-state index in [1.165, 1.54) is 96.3 Å². The molecule has 0 amide bonds. The van der Waals surface area contributed by atoms with Crippen molar-refractivity contribution in [3.63, 3.8) is 0 Å². The second-order valence-electron chi connectivity index (χ2n) is 10.8. The molecule has 0 rings (SSSR count). The van der Waals surface area contributed by atoms with Gasteiger partial charge >= 0.3 is 8.03 Å². The normalized spacial score (nSPS) is 14.8. The minimum atomic E-state index is -2.42. The topological polar surface area (TPSA) is 40.1 Å². The molecule has 0 spiro atoms. The Hall–Kier alpha value is -0.240. The Balaban J connectivity index is 3.65. The molecule has 2 atom stereocenters. The highest BCUT2D eigenvalue weighted by atomic mass is 31.1. The van der Waals surface area contributed by atoms with E-state index in [2.05, 4.69) is 26.0 Å². The molecule has 3 nitrogen and oxygen atoms in total. The molecule has 0 aromatic rings. The molecule has 0 saturated heterocycles. The molecule has 2 unspecified atom stereocenters. The van der Waals surface area contributed by atoms with Crippen LogP contribution in [0.5, 0.6) is 0 Å². The smallest absolute Gasteiger partial charge is 0.376 e. The van der Waals surface area contributed by atoms with Crippen LogP contribution in [-0.2, 0) is 4.57 Å². The lowest BCUT2D eigenvalue weighted by molar-refractivity contribution is -0.910. The van der Waals surface area contributed by atoms with Gasteiger partial charge in [0.15, 0.2) is 0 Å². The monoisotopic (exact) mass is 470 g/mol. The van der Waals surface area contributed by atoms with Gasteiger partial charge in [-0.2, -0.15) is 0 Å². The summed E-state index contributed by atoms with van der Waals surface area (Å²) >= 11 is 0. The van der Waals surface area contributed by atoms with E-state index in [1.54, 1.807) is 0 Å². The first-order valence-corrected chi connectivity index (χ1v) is 15.1. The standard InChI is InChI=1S/C28H57NO2P/c1-6-8-9-10-11-12-13-14-15-16-17-18-19-20-21-22-23-24-25-27-28(26-7-2,32(30)31)29(3,4)5/h17-18H,6-16,19-27H2,1-5H3/q+1/b18-17-. The third-order valence-electron chi connectivity index (χ3n) is 7.08. The van der Waals surface area contributed by atoms with E-state index >= 15 is 0 Å². The van der Waals surface area contributed by atoms with Crippen molar-refractivity contribution in [2.24, 2.45) is 0 Å². The molecule has 0 aromatic carbocycles. The lowest BCUT2D eigenvalue weighted by Crippen LogP contribution is -2.55. The lowest BCUT2D eigenvalue weighted by Gasteiger charge is -2.39. The first-order chi connectivity index (χ1) is 15.3. The number of hydrogen-bond acceptors (Lipinski definition) is 2. The van der Waals surface area contributed by atoms with Gasteiger partial charge in [-0.3, -0.25) is 4.48 Å². The molecule has 4 heteroatoms. The molecule has 0 aromatic heterocycles. The first kappa shape index (κ1) is 31.8. The van der Waals surface area contributed by atoms with Gasteiger partial charge in [-0.25, -0.2) is 0 Å². The fourth-order valence-corrected chi connectivity index (χ4v) is 6.05. The maximum atomic E-state index is 12.1. The van der Waals surface area contributed by atoms with Gasteiger partial charge in [0.1, 0.15) is 0 Å². The highest BCUT2D eigenvalue weighted by molar-refractivity contribution is 7.38. The highest BCUT2D eigenvalue weighted by Crippen LogP contribution is 2.45. The zero-order chi connectivity index (χ0) is 24.1. The maximum absolute atomic E-state index is 12.1. The Labute approximate surface area is 202 Å². The Morgan fingerprint density at radius 1 is 0.625 bits per heavy atom. The minimum absolute atomic E-state index is 0.519. The number of nitrogens with zero attached hydrogens (tertiary/aromatic N) is 1.